The molecule has 3 nitrogen and oxygen atoms in total. The van der Waals surface area contributed by atoms with Gasteiger partial charge in [0.1, 0.15) is 18.0 Å². The number of ether oxygens (including phenoxy) is 1. The fourth-order valence-corrected chi connectivity index (χ4v) is 2.17. The highest BCUT2D eigenvalue weighted by molar-refractivity contribution is 5.41. The van der Waals surface area contributed by atoms with Crippen molar-refractivity contribution in [1.29, 1.82) is 0 Å². The molecular formula is C14H21NO2. The van der Waals surface area contributed by atoms with Crippen LogP contribution in [-0.4, -0.2) is 23.9 Å². The van der Waals surface area contributed by atoms with Gasteiger partial charge in [-0.05, 0) is 49.8 Å². The second kappa shape index (κ2) is 5.07. The lowest BCUT2D eigenvalue weighted by molar-refractivity contribution is 0.0192. The standard InChI is InChI=1S/C14H21NO2/c1-14(16,9-15)10-17-13-8-4-6-11-5-2-3-7-12(11)13/h4,6,8,16H,2-3,5,7,9-10,15H2,1H3. The van der Waals surface area contributed by atoms with Gasteiger partial charge in [0.25, 0.3) is 0 Å². The molecule has 1 atom stereocenters. The molecule has 0 aliphatic heterocycles. The number of benzene rings is 1. The highest BCUT2D eigenvalue weighted by atomic mass is 16.5. The van der Waals surface area contributed by atoms with E-state index < -0.39 is 5.60 Å². The van der Waals surface area contributed by atoms with Crippen LogP contribution in [0.25, 0.3) is 0 Å². The Morgan fingerprint density at radius 3 is 2.88 bits per heavy atom. The number of aliphatic hydroxyl groups is 1. The Labute approximate surface area is 103 Å². The first-order valence-corrected chi connectivity index (χ1v) is 6.28. The second-order valence-electron chi connectivity index (χ2n) is 5.09. The van der Waals surface area contributed by atoms with Crippen molar-refractivity contribution in [3.63, 3.8) is 0 Å². The van der Waals surface area contributed by atoms with E-state index in [4.69, 9.17) is 10.5 Å². The summed E-state index contributed by atoms with van der Waals surface area (Å²) >= 11 is 0. The molecule has 3 heteroatoms. The summed E-state index contributed by atoms with van der Waals surface area (Å²) in [5, 5.41) is 9.84. The van der Waals surface area contributed by atoms with Crippen molar-refractivity contribution in [2.75, 3.05) is 13.2 Å². The van der Waals surface area contributed by atoms with Crippen molar-refractivity contribution in [3.05, 3.63) is 29.3 Å². The number of fused-ring (bicyclic) bond motifs is 1. The van der Waals surface area contributed by atoms with E-state index in [2.05, 4.69) is 6.07 Å². The Bertz CT molecular complexity index is 388. The van der Waals surface area contributed by atoms with Gasteiger partial charge in [-0.25, -0.2) is 0 Å². The van der Waals surface area contributed by atoms with Crippen LogP contribution in [0.5, 0.6) is 5.75 Å². The Morgan fingerprint density at radius 1 is 1.35 bits per heavy atom. The van der Waals surface area contributed by atoms with Gasteiger partial charge >= 0.3 is 0 Å². The predicted octanol–water partition coefficient (Wildman–Crippen LogP) is 1.65. The van der Waals surface area contributed by atoms with Gasteiger partial charge in [-0.3, -0.25) is 0 Å². The number of hydrogen-bond donors (Lipinski definition) is 2. The number of nitrogens with two attached hydrogens (primary N) is 1. The number of aryl methyl sites for hydroxylation is 1. The third-order valence-electron chi connectivity index (χ3n) is 3.33. The van der Waals surface area contributed by atoms with Crippen molar-refractivity contribution in [1.82, 2.24) is 0 Å². The summed E-state index contributed by atoms with van der Waals surface area (Å²) in [6, 6.07) is 6.18. The van der Waals surface area contributed by atoms with Crippen molar-refractivity contribution < 1.29 is 9.84 Å². The van der Waals surface area contributed by atoms with E-state index in [9.17, 15) is 5.11 Å². The van der Waals surface area contributed by atoms with Gasteiger partial charge in [-0.2, -0.15) is 0 Å². The van der Waals surface area contributed by atoms with E-state index in [0.29, 0.717) is 0 Å². The lowest BCUT2D eigenvalue weighted by Gasteiger charge is -2.24. The third-order valence-corrected chi connectivity index (χ3v) is 3.33. The quantitative estimate of drug-likeness (QED) is 0.834. The smallest absolute Gasteiger partial charge is 0.122 e. The molecule has 0 aromatic heterocycles. The van der Waals surface area contributed by atoms with E-state index in [1.165, 1.54) is 24.0 Å². The molecule has 17 heavy (non-hydrogen) atoms. The molecule has 0 spiro atoms. The summed E-state index contributed by atoms with van der Waals surface area (Å²) in [6.07, 6.45) is 4.70. The van der Waals surface area contributed by atoms with Crippen molar-refractivity contribution in [3.8, 4) is 5.75 Å². The summed E-state index contributed by atoms with van der Waals surface area (Å²) in [5.74, 6) is 0.913. The van der Waals surface area contributed by atoms with E-state index >= 15 is 0 Å². The first-order valence-electron chi connectivity index (χ1n) is 6.28. The normalized spacial score (nSPS) is 18.3. The van der Waals surface area contributed by atoms with Crippen LogP contribution in [0, 0.1) is 0 Å². The molecular weight excluding hydrogens is 214 g/mol. The average Bonchev–Trinajstić information content (AvgIpc) is 2.36. The van der Waals surface area contributed by atoms with E-state index in [0.717, 1.165) is 18.6 Å². The molecule has 0 amide bonds. The summed E-state index contributed by atoms with van der Waals surface area (Å²) in [7, 11) is 0. The molecule has 1 aromatic rings. The molecule has 0 bridgehead atoms. The highest BCUT2D eigenvalue weighted by Gasteiger charge is 2.20. The minimum Gasteiger partial charge on any atom is -0.490 e. The Hall–Kier alpha value is -1.06. The van der Waals surface area contributed by atoms with Crippen LogP contribution in [0.4, 0.5) is 0 Å². The van der Waals surface area contributed by atoms with E-state index in [-0.39, 0.29) is 13.2 Å². The predicted molar refractivity (Wildman–Crippen MR) is 68.3 cm³/mol. The maximum absolute atomic E-state index is 9.84. The van der Waals surface area contributed by atoms with Gasteiger partial charge in [-0.1, -0.05) is 12.1 Å². The van der Waals surface area contributed by atoms with Gasteiger partial charge in [0.15, 0.2) is 0 Å². The van der Waals surface area contributed by atoms with Crippen LogP contribution < -0.4 is 10.5 Å². The van der Waals surface area contributed by atoms with Crippen LogP contribution >= 0.6 is 0 Å². The van der Waals surface area contributed by atoms with E-state index in [1.54, 1.807) is 6.92 Å². The van der Waals surface area contributed by atoms with Crippen molar-refractivity contribution in [2.24, 2.45) is 5.73 Å². The SMILES string of the molecule is CC(O)(CN)COc1cccc2c1CCCC2. The van der Waals surface area contributed by atoms with Crippen molar-refractivity contribution in [2.45, 2.75) is 38.2 Å². The molecule has 0 radical (unpaired) electrons. The maximum atomic E-state index is 9.84. The van der Waals surface area contributed by atoms with Crippen LogP contribution in [-0.2, 0) is 12.8 Å². The molecule has 94 valence electrons. The minimum atomic E-state index is -0.947. The zero-order valence-corrected chi connectivity index (χ0v) is 10.4. The fourth-order valence-electron chi connectivity index (χ4n) is 2.17. The summed E-state index contributed by atoms with van der Waals surface area (Å²) in [6.45, 7) is 2.16. The molecule has 0 saturated carbocycles. The third kappa shape index (κ3) is 2.99. The first-order chi connectivity index (χ1) is 8.12. The summed E-state index contributed by atoms with van der Waals surface area (Å²) < 4.78 is 5.73. The molecule has 0 saturated heterocycles. The van der Waals surface area contributed by atoms with E-state index in [1.807, 2.05) is 12.1 Å². The largest absolute Gasteiger partial charge is 0.490 e. The van der Waals surface area contributed by atoms with Gasteiger partial charge in [0.05, 0.1) is 0 Å². The highest BCUT2D eigenvalue weighted by Crippen LogP contribution is 2.29. The van der Waals surface area contributed by atoms with Gasteiger partial charge < -0.3 is 15.6 Å². The van der Waals surface area contributed by atoms with Gasteiger partial charge in [0.2, 0.25) is 0 Å². The molecule has 1 aliphatic rings. The Kier molecular flexibility index (Phi) is 3.69. The minimum absolute atomic E-state index is 0.210. The van der Waals surface area contributed by atoms with Crippen molar-refractivity contribution >= 4 is 0 Å². The lowest BCUT2D eigenvalue weighted by Crippen LogP contribution is -2.40. The summed E-state index contributed by atoms with van der Waals surface area (Å²) in [5.41, 5.74) is 7.23. The lowest BCUT2D eigenvalue weighted by atomic mass is 9.91. The number of hydrogen-bond acceptors (Lipinski definition) is 3. The van der Waals surface area contributed by atoms with Crippen LogP contribution in [0.2, 0.25) is 0 Å². The average molecular weight is 235 g/mol. The maximum Gasteiger partial charge on any atom is 0.122 e. The Morgan fingerprint density at radius 2 is 2.12 bits per heavy atom. The number of rotatable bonds is 4. The van der Waals surface area contributed by atoms with Crippen LogP contribution in [0.1, 0.15) is 30.9 Å². The van der Waals surface area contributed by atoms with Gasteiger partial charge in [-0.15, -0.1) is 0 Å². The zero-order valence-electron chi connectivity index (χ0n) is 10.4. The molecule has 1 unspecified atom stereocenters. The molecule has 1 aliphatic carbocycles. The zero-order chi connectivity index (χ0) is 12.3. The molecule has 0 heterocycles. The van der Waals surface area contributed by atoms with Crippen LogP contribution in [0.3, 0.4) is 0 Å². The van der Waals surface area contributed by atoms with Gasteiger partial charge in [0, 0.05) is 6.54 Å². The fraction of sp³-hybridized carbons (Fsp3) is 0.571. The topological polar surface area (TPSA) is 55.5 Å². The summed E-state index contributed by atoms with van der Waals surface area (Å²) in [4.78, 5) is 0. The first kappa shape index (κ1) is 12.4. The van der Waals surface area contributed by atoms with Crippen LogP contribution in [0.15, 0.2) is 18.2 Å². The molecule has 1 aromatic carbocycles. The molecule has 3 N–H and O–H groups in total. The second-order valence-corrected chi connectivity index (χ2v) is 5.09. The molecule has 0 fully saturated rings. The monoisotopic (exact) mass is 235 g/mol. The molecule has 2 rings (SSSR count). The Balaban J connectivity index is 2.11.